The standard InChI is InChI=1S/C17H14ClNO3/c18-12-5-7-13(8-6-12)19-16(20)9-11-10-17(21)22-15-4-2-1-3-14(11)15/h1-8,11H,9-10H2,(H,19,20)/t11-/m1/s1. The number of para-hydroxylation sites is 1. The number of fused-ring (bicyclic) bond motifs is 1. The van der Waals surface area contributed by atoms with E-state index in [0.29, 0.717) is 16.5 Å². The number of anilines is 1. The summed E-state index contributed by atoms with van der Waals surface area (Å²) in [5.74, 6) is -0.0624. The molecule has 0 saturated heterocycles. The van der Waals surface area contributed by atoms with E-state index in [1.807, 2.05) is 18.2 Å². The molecule has 22 heavy (non-hydrogen) atoms. The van der Waals surface area contributed by atoms with Crippen molar-refractivity contribution in [1.29, 1.82) is 0 Å². The van der Waals surface area contributed by atoms with E-state index in [1.54, 1.807) is 30.3 Å². The Morgan fingerprint density at radius 3 is 2.68 bits per heavy atom. The maximum atomic E-state index is 12.2. The average molecular weight is 316 g/mol. The van der Waals surface area contributed by atoms with Crippen LogP contribution >= 0.6 is 11.6 Å². The molecule has 3 rings (SSSR count). The average Bonchev–Trinajstić information content (AvgIpc) is 2.49. The second-order valence-corrected chi connectivity index (χ2v) is 5.61. The Balaban J connectivity index is 1.71. The number of benzene rings is 2. The smallest absolute Gasteiger partial charge is 0.311 e. The van der Waals surface area contributed by atoms with Crippen LogP contribution in [0.3, 0.4) is 0 Å². The quantitative estimate of drug-likeness (QED) is 0.693. The second kappa shape index (κ2) is 6.20. The fraction of sp³-hybridized carbons (Fsp3) is 0.176. The zero-order valence-electron chi connectivity index (χ0n) is 11.7. The van der Waals surface area contributed by atoms with E-state index in [2.05, 4.69) is 5.32 Å². The third-order valence-electron chi connectivity index (χ3n) is 3.56. The van der Waals surface area contributed by atoms with E-state index in [-0.39, 0.29) is 30.6 Å². The number of ether oxygens (including phenoxy) is 1. The first-order chi connectivity index (χ1) is 10.6. The summed E-state index contributed by atoms with van der Waals surface area (Å²) in [5, 5.41) is 3.43. The molecule has 0 bridgehead atoms. The van der Waals surface area contributed by atoms with Crippen molar-refractivity contribution in [2.24, 2.45) is 0 Å². The van der Waals surface area contributed by atoms with Crippen LogP contribution in [0.1, 0.15) is 24.3 Å². The zero-order chi connectivity index (χ0) is 15.5. The Morgan fingerprint density at radius 2 is 1.91 bits per heavy atom. The molecule has 0 aliphatic carbocycles. The van der Waals surface area contributed by atoms with Crippen molar-refractivity contribution in [2.45, 2.75) is 18.8 Å². The van der Waals surface area contributed by atoms with Crippen LogP contribution in [0.15, 0.2) is 48.5 Å². The molecule has 1 heterocycles. The van der Waals surface area contributed by atoms with Crippen molar-refractivity contribution < 1.29 is 14.3 Å². The highest BCUT2D eigenvalue weighted by atomic mass is 35.5. The second-order valence-electron chi connectivity index (χ2n) is 5.17. The summed E-state index contributed by atoms with van der Waals surface area (Å²) in [6.07, 6.45) is 0.444. The molecular formula is C17H14ClNO3. The van der Waals surface area contributed by atoms with Gasteiger partial charge >= 0.3 is 5.97 Å². The minimum Gasteiger partial charge on any atom is -0.426 e. The molecule has 4 nitrogen and oxygen atoms in total. The van der Waals surface area contributed by atoms with Crippen LogP contribution in [-0.4, -0.2) is 11.9 Å². The van der Waals surface area contributed by atoms with Gasteiger partial charge in [0.15, 0.2) is 0 Å². The van der Waals surface area contributed by atoms with Gasteiger partial charge in [-0.25, -0.2) is 0 Å². The number of hydrogen-bond donors (Lipinski definition) is 1. The number of carbonyl (C=O) groups is 2. The highest BCUT2D eigenvalue weighted by molar-refractivity contribution is 6.30. The summed E-state index contributed by atoms with van der Waals surface area (Å²) in [4.78, 5) is 23.8. The number of amides is 1. The van der Waals surface area contributed by atoms with Crippen molar-refractivity contribution >= 4 is 29.2 Å². The molecule has 1 atom stereocenters. The maximum absolute atomic E-state index is 12.2. The van der Waals surface area contributed by atoms with Gasteiger partial charge < -0.3 is 10.1 Å². The van der Waals surface area contributed by atoms with Crippen LogP contribution in [0.2, 0.25) is 5.02 Å². The fourth-order valence-electron chi connectivity index (χ4n) is 2.54. The summed E-state index contributed by atoms with van der Waals surface area (Å²) in [6.45, 7) is 0. The molecule has 0 unspecified atom stereocenters. The van der Waals surface area contributed by atoms with E-state index in [4.69, 9.17) is 16.3 Å². The van der Waals surface area contributed by atoms with Crippen LogP contribution in [0.4, 0.5) is 5.69 Å². The van der Waals surface area contributed by atoms with Crippen LogP contribution in [-0.2, 0) is 9.59 Å². The number of halogens is 1. The van der Waals surface area contributed by atoms with E-state index in [0.717, 1.165) is 5.56 Å². The van der Waals surface area contributed by atoms with Crippen molar-refractivity contribution in [3.63, 3.8) is 0 Å². The molecule has 1 N–H and O–H groups in total. The molecular weight excluding hydrogens is 302 g/mol. The van der Waals surface area contributed by atoms with Gasteiger partial charge in [0.05, 0.1) is 6.42 Å². The van der Waals surface area contributed by atoms with Crippen molar-refractivity contribution in [2.75, 3.05) is 5.32 Å². The Hall–Kier alpha value is -2.33. The highest BCUT2D eigenvalue weighted by Gasteiger charge is 2.28. The number of hydrogen-bond acceptors (Lipinski definition) is 3. The zero-order valence-corrected chi connectivity index (χ0v) is 12.5. The predicted molar refractivity (Wildman–Crippen MR) is 84.1 cm³/mol. The highest BCUT2D eigenvalue weighted by Crippen LogP contribution is 2.36. The monoisotopic (exact) mass is 315 g/mol. The molecule has 112 valence electrons. The topological polar surface area (TPSA) is 55.4 Å². The lowest BCUT2D eigenvalue weighted by Gasteiger charge is -2.23. The van der Waals surface area contributed by atoms with E-state index >= 15 is 0 Å². The summed E-state index contributed by atoms with van der Waals surface area (Å²) >= 11 is 5.81. The third-order valence-corrected chi connectivity index (χ3v) is 3.81. The first-order valence-electron chi connectivity index (χ1n) is 6.97. The van der Waals surface area contributed by atoms with Gasteiger partial charge in [0.2, 0.25) is 5.91 Å². The van der Waals surface area contributed by atoms with Crippen LogP contribution < -0.4 is 10.1 Å². The largest absolute Gasteiger partial charge is 0.426 e. The summed E-state index contributed by atoms with van der Waals surface area (Å²) in [6, 6.07) is 14.2. The Kier molecular flexibility index (Phi) is 4.11. The molecule has 0 spiro atoms. The van der Waals surface area contributed by atoms with Crippen LogP contribution in [0.25, 0.3) is 0 Å². The molecule has 2 aromatic rings. The molecule has 2 aromatic carbocycles. The molecule has 1 aliphatic rings. The maximum Gasteiger partial charge on any atom is 0.311 e. The first-order valence-corrected chi connectivity index (χ1v) is 7.34. The molecule has 0 aromatic heterocycles. The number of nitrogens with one attached hydrogen (secondary N) is 1. The fourth-order valence-corrected chi connectivity index (χ4v) is 2.66. The van der Waals surface area contributed by atoms with Gasteiger partial charge in [0.1, 0.15) is 5.75 Å². The normalized spacial score (nSPS) is 16.6. The minimum atomic E-state index is -0.303. The lowest BCUT2D eigenvalue weighted by atomic mass is 9.89. The summed E-state index contributed by atoms with van der Waals surface area (Å²) < 4.78 is 5.19. The number of carbonyl (C=O) groups excluding carboxylic acids is 2. The van der Waals surface area contributed by atoms with E-state index in [9.17, 15) is 9.59 Å². The van der Waals surface area contributed by atoms with Gasteiger partial charge in [-0.15, -0.1) is 0 Å². The van der Waals surface area contributed by atoms with Crippen molar-refractivity contribution in [3.05, 3.63) is 59.1 Å². The number of rotatable bonds is 3. The predicted octanol–water partition coefficient (Wildman–Crippen LogP) is 3.76. The van der Waals surface area contributed by atoms with Gasteiger partial charge in [0, 0.05) is 23.0 Å². The lowest BCUT2D eigenvalue weighted by Crippen LogP contribution is -2.24. The SMILES string of the molecule is O=C(C[C@@H]1CC(=O)Oc2ccccc21)Nc1ccc(Cl)cc1. The number of esters is 1. The van der Waals surface area contributed by atoms with Gasteiger partial charge in [-0.1, -0.05) is 29.8 Å². The van der Waals surface area contributed by atoms with Crippen molar-refractivity contribution in [1.82, 2.24) is 0 Å². The Bertz CT molecular complexity index is 712. The van der Waals surface area contributed by atoms with Crippen LogP contribution in [0, 0.1) is 0 Å². The van der Waals surface area contributed by atoms with E-state index < -0.39 is 0 Å². The van der Waals surface area contributed by atoms with Crippen molar-refractivity contribution in [3.8, 4) is 5.75 Å². The van der Waals surface area contributed by atoms with Gasteiger partial charge in [-0.3, -0.25) is 9.59 Å². The Morgan fingerprint density at radius 1 is 1.18 bits per heavy atom. The van der Waals surface area contributed by atoms with Crippen LogP contribution in [0.5, 0.6) is 5.75 Å². The molecule has 0 radical (unpaired) electrons. The van der Waals surface area contributed by atoms with Gasteiger partial charge in [-0.2, -0.15) is 0 Å². The molecule has 1 amide bonds. The molecule has 0 fully saturated rings. The third kappa shape index (κ3) is 3.28. The van der Waals surface area contributed by atoms with Gasteiger partial charge in [-0.05, 0) is 35.9 Å². The lowest BCUT2D eigenvalue weighted by molar-refractivity contribution is -0.136. The molecule has 0 saturated carbocycles. The summed E-state index contributed by atoms with van der Waals surface area (Å²) in [5.41, 5.74) is 1.58. The minimum absolute atomic E-state index is 0.142. The van der Waals surface area contributed by atoms with E-state index in [1.165, 1.54) is 0 Å². The molecule has 5 heteroatoms. The molecule has 1 aliphatic heterocycles. The first kappa shape index (κ1) is 14.6. The summed E-state index contributed by atoms with van der Waals surface area (Å²) in [7, 11) is 0. The Labute approximate surface area is 133 Å². The van der Waals surface area contributed by atoms with Gasteiger partial charge in [0.25, 0.3) is 0 Å².